The van der Waals surface area contributed by atoms with E-state index in [0.29, 0.717) is 11.4 Å². The number of amides is 1. The van der Waals surface area contributed by atoms with Gasteiger partial charge >= 0.3 is 0 Å². The number of rotatable bonds is 4. The van der Waals surface area contributed by atoms with Crippen LogP contribution in [-0.4, -0.2) is 42.0 Å². The number of likely N-dealkylation sites (N-methyl/N-ethyl adjacent to an activating group) is 1. The zero-order chi connectivity index (χ0) is 11.4. The average molecular weight is 229 g/mol. The Morgan fingerprint density at radius 2 is 2.40 bits per heavy atom. The molecule has 0 radical (unpaired) electrons. The van der Waals surface area contributed by atoms with E-state index in [2.05, 4.69) is 17.3 Å². The van der Waals surface area contributed by atoms with E-state index < -0.39 is 0 Å². The van der Waals surface area contributed by atoms with Crippen molar-refractivity contribution in [3.63, 3.8) is 0 Å². The lowest BCUT2D eigenvalue weighted by Gasteiger charge is -2.17. The molecule has 0 aromatic heterocycles. The SMILES string of the molecule is CCC(C(=O)NC1CCN(C)C1)C(N)=S. The van der Waals surface area contributed by atoms with Crippen molar-refractivity contribution in [2.24, 2.45) is 11.7 Å². The second-order valence-electron chi connectivity index (χ2n) is 4.12. The van der Waals surface area contributed by atoms with Crippen molar-refractivity contribution < 1.29 is 4.79 Å². The molecule has 0 saturated carbocycles. The minimum absolute atomic E-state index is 0.0229. The lowest BCUT2D eigenvalue weighted by molar-refractivity contribution is -0.123. The van der Waals surface area contributed by atoms with Crippen LogP contribution in [0.2, 0.25) is 0 Å². The number of carbonyl (C=O) groups excluding carboxylic acids is 1. The van der Waals surface area contributed by atoms with Crippen molar-refractivity contribution in [2.75, 3.05) is 20.1 Å². The average Bonchev–Trinajstić information content (AvgIpc) is 2.51. The van der Waals surface area contributed by atoms with Crippen molar-refractivity contribution in [3.8, 4) is 0 Å². The molecule has 5 heteroatoms. The van der Waals surface area contributed by atoms with Gasteiger partial charge in [-0.25, -0.2) is 0 Å². The van der Waals surface area contributed by atoms with Gasteiger partial charge in [0.1, 0.15) is 0 Å². The molecular weight excluding hydrogens is 210 g/mol. The highest BCUT2D eigenvalue weighted by Crippen LogP contribution is 2.09. The molecule has 1 heterocycles. The maximum atomic E-state index is 11.8. The maximum absolute atomic E-state index is 11.8. The molecule has 1 rings (SSSR count). The summed E-state index contributed by atoms with van der Waals surface area (Å²) in [5.41, 5.74) is 5.51. The zero-order valence-electron chi connectivity index (χ0n) is 9.32. The van der Waals surface area contributed by atoms with E-state index in [9.17, 15) is 4.79 Å². The predicted octanol–water partition coefficient (Wildman–Crippen LogP) is 0.119. The largest absolute Gasteiger partial charge is 0.393 e. The van der Waals surface area contributed by atoms with Crippen molar-refractivity contribution >= 4 is 23.1 Å². The number of thiocarbonyl (C=S) groups is 1. The van der Waals surface area contributed by atoms with Gasteiger partial charge in [0.15, 0.2) is 0 Å². The number of hydrogen-bond acceptors (Lipinski definition) is 3. The fourth-order valence-corrected chi connectivity index (χ4v) is 2.14. The summed E-state index contributed by atoms with van der Waals surface area (Å²) in [6, 6.07) is 0.255. The standard InChI is InChI=1S/C10H19N3OS/c1-3-8(9(11)15)10(14)12-7-4-5-13(2)6-7/h7-8H,3-6H2,1-2H3,(H2,11,15)(H,12,14). The van der Waals surface area contributed by atoms with Crippen molar-refractivity contribution in [3.05, 3.63) is 0 Å². The molecule has 3 N–H and O–H groups in total. The molecule has 1 fully saturated rings. The van der Waals surface area contributed by atoms with Gasteiger partial charge in [-0.05, 0) is 26.4 Å². The van der Waals surface area contributed by atoms with Gasteiger partial charge in [-0.15, -0.1) is 0 Å². The Morgan fingerprint density at radius 1 is 1.73 bits per heavy atom. The minimum atomic E-state index is -0.314. The number of nitrogens with one attached hydrogen (secondary N) is 1. The molecule has 1 saturated heterocycles. The Balaban J connectivity index is 2.43. The number of nitrogens with two attached hydrogens (primary N) is 1. The molecule has 2 atom stereocenters. The molecule has 0 aromatic rings. The summed E-state index contributed by atoms with van der Waals surface area (Å²) in [7, 11) is 2.05. The highest BCUT2D eigenvalue weighted by Gasteiger charge is 2.25. The maximum Gasteiger partial charge on any atom is 0.230 e. The van der Waals surface area contributed by atoms with Crippen LogP contribution >= 0.6 is 12.2 Å². The molecule has 2 unspecified atom stereocenters. The molecule has 0 spiro atoms. The van der Waals surface area contributed by atoms with Gasteiger partial charge in [-0.1, -0.05) is 19.1 Å². The molecule has 4 nitrogen and oxygen atoms in total. The number of carbonyl (C=O) groups is 1. The summed E-state index contributed by atoms with van der Waals surface area (Å²) in [6.07, 6.45) is 1.68. The molecule has 86 valence electrons. The molecule has 15 heavy (non-hydrogen) atoms. The van der Waals surface area contributed by atoms with Gasteiger partial charge in [-0.3, -0.25) is 4.79 Å². The van der Waals surface area contributed by atoms with Gasteiger partial charge in [0.2, 0.25) is 5.91 Å². The third-order valence-corrected chi connectivity index (χ3v) is 3.09. The monoisotopic (exact) mass is 229 g/mol. The van der Waals surface area contributed by atoms with Crippen LogP contribution < -0.4 is 11.1 Å². The fourth-order valence-electron chi connectivity index (χ4n) is 1.87. The number of nitrogens with zero attached hydrogens (tertiary/aromatic N) is 1. The van der Waals surface area contributed by atoms with E-state index in [1.807, 2.05) is 6.92 Å². The molecule has 1 amide bonds. The molecule has 0 bridgehead atoms. The summed E-state index contributed by atoms with van der Waals surface area (Å²) in [5, 5.41) is 2.99. The van der Waals surface area contributed by atoms with Crippen LogP contribution in [0.4, 0.5) is 0 Å². The van der Waals surface area contributed by atoms with Gasteiger partial charge in [0.05, 0.1) is 10.9 Å². The quantitative estimate of drug-likeness (QED) is 0.672. The number of likely N-dealkylation sites (tertiary alicyclic amines) is 1. The van der Waals surface area contributed by atoms with Crippen molar-refractivity contribution in [1.29, 1.82) is 0 Å². The third kappa shape index (κ3) is 3.43. The zero-order valence-corrected chi connectivity index (χ0v) is 10.1. The first-order chi connectivity index (χ1) is 7.04. The van der Waals surface area contributed by atoms with E-state index in [1.54, 1.807) is 0 Å². The molecule has 1 aliphatic rings. The van der Waals surface area contributed by atoms with Gasteiger partial charge in [0.25, 0.3) is 0 Å². The summed E-state index contributed by atoms with van der Waals surface area (Å²) >= 11 is 4.86. The first kappa shape index (κ1) is 12.4. The van der Waals surface area contributed by atoms with Crippen molar-refractivity contribution in [2.45, 2.75) is 25.8 Å². The van der Waals surface area contributed by atoms with Crippen molar-refractivity contribution in [1.82, 2.24) is 10.2 Å². The summed E-state index contributed by atoms with van der Waals surface area (Å²) in [4.78, 5) is 14.3. The molecule has 0 aliphatic carbocycles. The highest BCUT2D eigenvalue weighted by molar-refractivity contribution is 7.80. The Morgan fingerprint density at radius 3 is 2.80 bits per heavy atom. The van der Waals surface area contributed by atoms with Gasteiger partial charge in [0, 0.05) is 12.6 Å². The van der Waals surface area contributed by atoms with E-state index in [0.717, 1.165) is 19.5 Å². The summed E-state index contributed by atoms with van der Waals surface area (Å²) in [6.45, 7) is 3.87. The Bertz CT molecular complexity index is 257. The van der Waals surface area contributed by atoms with Crippen LogP contribution in [0.5, 0.6) is 0 Å². The van der Waals surface area contributed by atoms with E-state index in [4.69, 9.17) is 18.0 Å². The fraction of sp³-hybridized carbons (Fsp3) is 0.800. The predicted molar refractivity (Wildman–Crippen MR) is 64.6 cm³/mol. The Labute approximate surface area is 96.2 Å². The smallest absolute Gasteiger partial charge is 0.230 e. The minimum Gasteiger partial charge on any atom is -0.393 e. The van der Waals surface area contributed by atoms with Crippen LogP contribution in [0.25, 0.3) is 0 Å². The van der Waals surface area contributed by atoms with Gasteiger partial charge in [-0.2, -0.15) is 0 Å². The van der Waals surface area contributed by atoms with Crippen LogP contribution in [0.3, 0.4) is 0 Å². The van der Waals surface area contributed by atoms with E-state index >= 15 is 0 Å². The summed E-state index contributed by atoms with van der Waals surface area (Å²) < 4.78 is 0. The van der Waals surface area contributed by atoms with E-state index in [1.165, 1.54) is 0 Å². The topological polar surface area (TPSA) is 58.4 Å². The first-order valence-corrected chi connectivity index (χ1v) is 5.73. The number of hydrogen-bond donors (Lipinski definition) is 2. The molecule has 0 aromatic carbocycles. The second-order valence-corrected chi connectivity index (χ2v) is 4.59. The normalized spacial score (nSPS) is 23.7. The Kier molecular flexibility index (Phi) is 4.47. The first-order valence-electron chi connectivity index (χ1n) is 5.32. The molecular formula is C10H19N3OS. The Hall–Kier alpha value is -0.680. The van der Waals surface area contributed by atoms with Crippen LogP contribution in [0.1, 0.15) is 19.8 Å². The lowest BCUT2D eigenvalue weighted by Crippen LogP contribution is -2.43. The lowest BCUT2D eigenvalue weighted by atomic mass is 10.1. The third-order valence-electron chi connectivity index (χ3n) is 2.81. The van der Waals surface area contributed by atoms with Crippen LogP contribution in [-0.2, 0) is 4.79 Å². The van der Waals surface area contributed by atoms with Gasteiger partial charge < -0.3 is 16.0 Å². The molecule has 1 aliphatic heterocycles. The van der Waals surface area contributed by atoms with Crippen LogP contribution in [0, 0.1) is 5.92 Å². The highest BCUT2D eigenvalue weighted by atomic mass is 32.1. The summed E-state index contributed by atoms with van der Waals surface area (Å²) in [5.74, 6) is -0.337. The van der Waals surface area contributed by atoms with E-state index in [-0.39, 0.29) is 17.9 Å². The second kappa shape index (κ2) is 5.42. The van der Waals surface area contributed by atoms with Crippen LogP contribution in [0.15, 0.2) is 0 Å².